The summed E-state index contributed by atoms with van der Waals surface area (Å²) in [5.74, 6) is 0.985. The molecule has 1 aromatic carbocycles. The quantitative estimate of drug-likeness (QED) is 0.796. The summed E-state index contributed by atoms with van der Waals surface area (Å²) in [6.07, 6.45) is 4.86. The van der Waals surface area contributed by atoms with Crippen LogP contribution in [0.25, 0.3) is 0 Å². The maximum atomic E-state index is 6.02. The Morgan fingerprint density at radius 2 is 1.91 bits per heavy atom. The van der Waals surface area contributed by atoms with E-state index >= 15 is 0 Å². The summed E-state index contributed by atoms with van der Waals surface area (Å²) in [5, 5.41) is 3.77. The fourth-order valence-electron chi connectivity index (χ4n) is 1.87. The second-order valence-corrected chi connectivity index (χ2v) is 4.95. The molecule has 0 saturated carbocycles. The highest BCUT2D eigenvalue weighted by Gasteiger charge is 2.09. The zero-order chi connectivity index (χ0) is 15.4. The Kier molecular flexibility index (Phi) is 4.11. The molecule has 0 fully saturated rings. The van der Waals surface area contributed by atoms with Crippen LogP contribution in [0.1, 0.15) is 0 Å². The fraction of sp³-hybridized carbons (Fsp3) is 0.0667. The third-order valence-electron chi connectivity index (χ3n) is 2.99. The van der Waals surface area contributed by atoms with Gasteiger partial charge < -0.3 is 10.2 Å². The fourth-order valence-corrected chi connectivity index (χ4v) is 2.06. The van der Waals surface area contributed by atoms with E-state index in [1.807, 2.05) is 48.3 Å². The average Bonchev–Trinajstić information content (AvgIpc) is 2.55. The summed E-state index contributed by atoms with van der Waals surface area (Å²) in [6.45, 7) is 0. The molecule has 3 rings (SSSR count). The lowest BCUT2D eigenvalue weighted by atomic mass is 10.3. The van der Waals surface area contributed by atoms with E-state index in [0.717, 1.165) is 11.4 Å². The Hall–Kier alpha value is -2.73. The first kappa shape index (κ1) is 14.2. The largest absolute Gasteiger partial charge is 0.324 e. The average molecular weight is 313 g/mol. The van der Waals surface area contributed by atoms with Crippen LogP contribution in [0.2, 0.25) is 5.02 Å². The lowest BCUT2D eigenvalue weighted by Crippen LogP contribution is -2.14. The second-order valence-electron chi connectivity index (χ2n) is 4.51. The van der Waals surface area contributed by atoms with Gasteiger partial charge in [0.15, 0.2) is 0 Å². The van der Waals surface area contributed by atoms with Crippen molar-refractivity contribution in [1.29, 1.82) is 0 Å². The van der Waals surface area contributed by atoms with E-state index in [4.69, 9.17) is 11.6 Å². The number of hydrogen-bond acceptors (Lipinski definition) is 6. The number of aromatic nitrogens is 4. The van der Waals surface area contributed by atoms with Crippen molar-refractivity contribution in [2.24, 2.45) is 0 Å². The number of nitrogens with one attached hydrogen (secondary N) is 1. The van der Waals surface area contributed by atoms with Crippen molar-refractivity contribution in [3.05, 3.63) is 60.1 Å². The number of hydrogen-bond donors (Lipinski definition) is 1. The molecule has 0 aliphatic heterocycles. The topological polar surface area (TPSA) is 66.8 Å². The van der Waals surface area contributed by atoms with Crippen LogP contribution in [0.3, 0.4) is 0 Å². The van der Waals surface area contributed by atoms with E-state index in [1.54, 1.807) is 12.4 Å². The van der Waals surface area contributed by atoms with Gasteiger partial charge in [-0.25, -0.2) is 9.97 Å². The van der Waals surface area contributed by atoms with Crippen LogP contribution in [0, 0.1) is 0 Å². The van der Waals surface area contributed by atoms with Gasteiger partial charge in [-0.2, -0.15) is 4.98 Å². The zero-order valence-electron chi connectivity index (χ0n) is 11.8. The normalized spacial score (nSPS) is 10.3. The molecule has 6 nitrogen and oxygen atoms in total. The van der Waals surface area contributed by atoms with E-state index in [-0.39, 0.29) is 0 Å². The number of nitrogens with zero attached hydrogens (tertiary/aromatic N) is 5. The van der Waals surface area contributed by atoms with E-state index in [1.165, 1.54) is 6.33 Å². The summed E-state index contributed by atoms with van der Waals surface area (Å²) in [5.41, 5.74) is 1.76. The van der Waals surface area contributed by atoms with Crippen molar-refractivity contribution in [2.75, 3.05) is 17.3 Å². The summed E-state index contributed by atoms with van der Waals surface area (Å²) >= 11 is 6.02. The molecule has 1 N–H and O–H groups in total. The van der Waals surface area contributed by atoms with E-state index in [9.17, 15) is 0 Å². The second kappa shape index (κ2) is 6.36. The molecule has 0 aliphatic rings. The van der Waals surface area contributed by atoms with Crippen LogP contribution in [-0.4, -0.2) is 27.0 Å². The molecule has 0 spiro atoms. The highest BCUT2D eigenvalue weighted by molar-refractivity contribution is 6.30. The Morgan fingerprint density at radius 1 is 1.09 bits per heavy atom. The van der Waals surface area contributed by atoms with Gasteiger partial charge in [-0.05, 0) is 30.3 Å². The minimum Gasteiger partial charge on any atom is -0.324 e. The Balaban J connectivity index is 1.84. The van der Waals surface area contributed by atoms with Crippen molar-refractivity contribution in [1.82, 2.24) is 19.9 Å². The first-order chi connectivity index (χ1) is 10.7. The number of halogens is 1. The van der Waals surface area contributed by atoms with Gasteiger partial charge in [0.05, 0.1) is 0 Å². The van der Waals surface area contributed by atoms with Crippen LogP contribution in [0.15, 0.2) is 55.1 Å². The van der Waals surface area contributed by atoms with Crippen LogP contribution in [-0.2, 0) is 0 Å². The molecule has 0 atom stereocenters. The zero-order valence-corrected chi connectivity index (χ0v) is 12.6. The summed E-state index contributed by atoms with van der Waals surface area (Å²) in [7, 11) is 1.87. The third-order valence-corrected chi connectivity index (χ3v) is 3.23. The van der Waals surface area contributed by atoms with E-state index in [0.29, 0.717) is 16.9 Å². The monoisotopic (exact) mass is 312 g/mol. The number of benzene rings is 1. The van der Waals surface area contributed by atoms with Gasteiger partial charge in [0, 0.05) is 35.8 Å². The van der Waals surface area contributed by atoms with Crippen LogP contribution < -0.4 is 10.2 Å². The molecule has 110 valence electrons. The highest BCUT2D eigenvalue weighted by atomic mass is 35.5. The summed E-state index contributed by atoms with van der Waals surface area (Å²) in [6, 6.07) is 11.2. The third kappa shape index (κ3) is 3.29. The number of rotatable bonds is 4. The van der Waals surface area contributed by atoms with Crippen LogP contribution in [0.4, 0.5) is 23.3 Å². The highest BCUT2D eigenvalue weighted by Crippen LogP contribution is 2.23. The molecular weight excluding hydrogens is 300 g/mol. The van der Waals surface area contributed by atoms with Gasteiger partial charge in [-0.3, -0.25) is 4.98 Å². The minimum absolute atomic E-state index is 0.463. The maximum absolute atomic E-state index is 6.02. The number of anilines is 4. The Bertz CT molecular complexity index is 765. The summed E-state index contributed by atoms with van der Waals surface area (Å²) < 4.78 is 0. The lowest BCUT2D eigenvalue weighted by Gasteiger charge is -2.17. The number of pyridine rings is 1. The van der Waals surface area contributed by atoms with Crippen molar-refractivity contribution in [3.63, 3.8) is 0 Å². The Morgan fingerprint density at radius 3 is 2.68 bits per heavy atom. The molecule has 22 heavy (non-hydrogen) atoms. The first-order valence-electron chi connectivity index (χ1n) is 6.58. The summed E-state index contributed by atoms with van der Waals surface area (Å²) in [4.78, 5) is 18.5. The molecule has 0 saturated heterocycles. The maximum Gasteiger partial charge on any atom is 0.234 e. The van der Waals surface area contributed by atoms with Gasteiger partial charge >= 0.3 is 0 Å². The van der Waals surface area contributed by atoms with Gasteiger partial charge in [-0.1, -0.05) is 17.7 Å². The van der Waals surface area contributed by atoms with Crippen molar-refractivity contribution >= 4 is 34.9 Å². The SMILES string of the molecule is CN(c1cccc(Cl)c1)c1ncnc(Nc2ccncc2)n1. The van der Waals surface area contributed by atoms with Crippen LogP contribution in [0.5, 0.6) is 0 Å². The van der Waals surface area contributed by atoms with Gasteiger partial charge in [0.25, 0.3) is 0 Å². The molecule has 2 aromatic heterocycles. The van der Waals surface area contributed by atoms with Crippen molar-refractivity contribution in [3.8, 4) is 0 Å². The van der Waals surface area contributed by atoms with Crippen molar-refractivity contribution < 1.29 is 0 Å². The van der Waals surface area contributed by atoms with Crippen LogP contribution >= 0.6 is 11.6 Å². The minimum atomic E-state index is 0.463. The smallest absolute Gasteiger partial charge is 0.234 e. The van der Waals surface area contributed by atoms with Crippen molar-refractivity contribution in [2.45, 2.75) is 0 Å². The van der Waals surface area contributed by atoms with Gasteiger partial charge in [-0.15, -0.1) is 0 Å². The molecule has 0 amide bonds. The molecule has 2 heterocycles. The lowest BCUT2D eigenvalue weighted by molar-refractivity contribution is 0.990. The molecule has 0 aliphatic carbocycles. The molecule has 0 bridgehead atoms. The van der Waals surface area contributed by atoms with Gasteiger partial charge in [0.1, 0.15) is 6.33 Å². The first-order valence-corrected chi connectivity index (χ1v) is 6.95. The predicted molar refractivity (Wildman–Crippen MR) is 86.9 cm³/mol. The predicted octanol–water partition coefficient (Wildman–Crippen LogP) is 3.43. The van der Waals surface area contributed by atoms with Gasteiger partial charge in [0.2, 0.25) is 11.9 Å². The van der Waals surface area contributed by atoms with E-state index in [2.05, 4.69) is 25.3 Å². The van der Waals surface area contributed by atoms with E-state index < -0.39 is 0 Å². The molecule has 0 radical (unpaired) electrons. The molecular formula is C15H13ClN6. The standard InChI is InChI=1S/C15H13ClN6/c1-22(13-4-2-3-11(16)9-13)15-19-10-18-14(21-15)20-12-5-7-17-8-6-12/h2-10H,1H3,(H,17,18,19,20,21). The molecule has 0 unspecified atom stereocenters. The molecule has 7 heteroatoms. The molecule has 3 aromatic rings. The Labute approximate surface area is 132 Å².